The average molecular weight is 419 g/mol. The van der Waals surface area contributed by atoms with E-state index in [1.807, 2.05) is 0 Å². The van der Waals surface area contributed by atoms with Gasteiger partial charge in [-0.1, -0.05) is 112 Å². The predicted octanol–water partition coefficient (Wildman–Crippen LogP) is 9.09. The van der Waals surface area contributed by atoms with Crippen LogP contribution >= 0.6 is 0 Å². The molecule has 3 aromatic carbocycles. The Morgan fingerprint density at radius 2 is 1.41 bits per heavy atom. The van der Waals surface area contributed by atoms with Crippen molar-refractivity contribution < 1.29 is 0 Å². The second-order valence-corrected chi connectivity index (χ2v) is 10.3. The van der Waals surface area contributed by atoms with Gasteiger partial charge in [-0.3, -0.25) is 0 Å². The second kappa shape index (κ2) is 7.93. The van der Waals surface area contributed by atoms with Crippen LogP contribution in [0.3, 0.4) is 0 Å². The monoisotopic (exact) mass is 418 g/mol. The van der Waals surface area contributed by atoms with Crippen LogP contribution in [0.2, 0.25) is 0 Å². The SMILES string of the molecule is CC1=Cc2ccc(C3C(C)=C(C(C)C)c4ccccc43)c(-c3ccccc3)c2C1C(C)C. The predicted molar refractivity (Wildman–Crippen MR) is 139 cm³/mol. The zero-order valence-corrected chi connectivity index (χ0v) is 20.2. The van der Waals surface area contributed by atoms with Gasteiger partial charge in [0.25, 0.3) is 0 Å². The smallest absolute Gasteiger partial charge is 0.0314 e. The lowest BCUT2D eigenvalue weighted by Crippen LogP contribution is -2.11. The van der Waals surface area contributed by atoms with Crippen LogP contribution < -0.4 is 0 Å². The van der Waals surface area contributed by atoms with Gasteiger partial charge in [-0.2, -0.15) is 0 Å². The summed E-state index contributed by atoms with van der Waals surface area (Å²) >= 11 is 0. The topological polar surface area (TPSA) is 0 Å². The summed E-state index contributed by atoms with van der Waals surface area (Å²) in [6.07, 6.45) is 2.42. The van der Waals surface area contributed by atoms with Crippen molar-refractivity contribution in [2.75, 3.05) is 0 Å². The summed E-state index contributed by atoms with van der Waals surface area (Å²) in [5.74, 6) is 1.88. The van der Waals surface area contributed by atoms with E-state index < -0.39 is 0 Å². The summed E-state index contributed by atoms with van der Waals surface area (Å²) in [7, 11) is 0. The number of hydrogen-bond donors (Lipinski definition) is 0. The van der Waals surface area contributed by atoms with Crippen molar-refractivity contribution in [1.29, 1.82) is 0 Å². The Kier molecular flexibility index (Phi) is 5.20. The van der Waals surface area contributed by atoms with Crippen LogP contribution in [-0.4, -0.2) is 0 Å². The van der Waals surface area contributed by atoms with Gasteiger partial charge in [0.2, 0.25) is 0 Å². The third-order valence-electron chi connectivity index (χ3n) is 7.53. The zero-order chi connectivity index (χ0) is 22.6. The molecule has 0 nitrogen and oxygen atoms in total. The highest BCUT2D eigenvalue weighted by Gasteiger charge is 2.36. The average Bonchev–Trinajstić information content (AvgIpc) is 3.26. The van der Waals surface area contributed by atoms with Gasteiger partial charge in [0.05, 0.1) is 0 Å². The van der Waals surface area contributed by atoms with Crippen molar-refractivity contribution in [2.45, 2.75) is 53.4 Å². The Labute approximate surface area is 193 Å². The van der Waals surface area contributed by atoms with E-state index in [0.29, 0.717) is 23.7 Å². The number of rotatable bonds is 4. The summed E-state index contributed by atoms with van der Waals surface area (Å²) in [5.41, 5.74) is 14.6. The standard InChI is InChI=1S/C32H34/c1-19(2)28-21(5)18-24-16-17-27(31(32(24)28)23-12-8-7-9-13-23)30-22(6)29(20(3)4)25-14-10-11-15-26(25)30/h7-20,28,30H,1-6H3. The van der Waals surface area contributed by atoms with Crippen LogP contribution in [0.5, 0.6) is 0 Å². The second-order valence-electron chi connectivity index (χ2n) is 10.3. The highest BCUT2D eigenvalue weighted by molar-refractivity contribution is 5.86. The lowest BCUT2D eigenvalue weighted by molar-refractivity contribution is 0.563. The minimum atomic E-state index is 0.317. The molecule has 0 heteroatoms. The first-order valence-corrected chi connectivity index (χ1v) is 12.1. The molecule has 0 bridgehead atoms. The molecule has 0 heterocycles. The van der Waals surface area contributed by atoms with Crippen molar-refractivity contribution in [3.8, 4) is 11.1 Å². The fraction of sp³-hybridized carbons (Fsp3) is 0.312. The molecule has 0 amide bonds. The van der Waals surface area contributed by atoms with Gasteiger partial charge in [0.15, 0.2) is 0 Å². The molecular formula is C32H34. The van der Waals surface area contributed by atoms with Gasteiger partial charge >= 0.3 is 0 Å². The molecule has 2 unspecified atom stereocenters. The minimum absolute atomic E-state index is 0.317. The van der Waals surface area contributed by atoms with Gasteiger partial charge in [0.1, 0.15) is 0 Å². The summed E-state index contributed by atoms with van der Waals surface area (Å²) in [6.45, 7) is 14.1. The lowest BCUT2D eigenvalue weighted by atomic mass is 9.76. The van der Waals surface area contributed by atoms with E-state index in [1.54, 1.807) is 0 Å². The molecule has 32 heavy (non-hydrogen) atoms. The molecule has 0 N–H and O–H groups in total. The maximum Gasteiger partial charge on any atom is 0.0314 e. The van der Waals surface area contributed by atoms with E-state index in [4.69, 9.17) is 0 Å². The van der Waals surface area contributed by atoms with Crippen molar-refractivity contribution in [1.82, 2.24) is 0 Å². The zero-order valence-electron chi connectivity index (χ0n) is 20.2. The number of fused-ring (bicyclic) bond motifs is 2. The first-order valence-electron chi connectivity index (χ1n) is 12.1. The Hall–Kier alpha value is -2.86. The summed E-state index contributed by atoms with van der Waals surface area (Å²) < 4.78 is 0. The molecule has 0 radical (unpaired) electrons. The number of allylic oxidation sites excluding steroid dienone is 3. The summed E-state index contributed by atoms with van der Waals surface area (Å²) in [4.78, 5) is 0. The van der Waals surface area contributed by atoms with Crippen LogP contribution in [0.15, 0.2) is 77.9 Å². The maximum atomic E-state index is 2.42. The van der Waals surface area contributed by atoms with E-state index >= 15 is 0 Å². The Morgan fingerprint density at radius 1 is 0.719 bits per heavy atom. The Bertz CT molecular complexity index is 1230. The molecule has 0 saturated heterocycles. The molecule has 5 rings (SSSR count). The molecule has 3 aromatic rings. The van der Waals surface area contributed by atoms with Gasteiger partial charge in [-0.15, -0.1) is 0 Å². The number of hydrogen-bond acceptors (Lipinski definition) is 0. The van der Waals surface area contributed by atoms with Crippen LogP contribution in [-0.2, 0) is 0 Å². The first-order chi connectivity index (χ1) is 15.4. The molecule has 0 fully saturated rings. The first kappa shape index (κ1) is 21.0. The van der Waals surface area contributed by atoms with Gasteiger partial charge in [-0.25, -0.2) is 0 Å². The van der Waals surface area contributed by atoms with E-state index in [9.17, 15) is 0 Å². The quantitative estimate of drug-likeness (QED) is 0.396. The molecule has 0 saturated carbocycles. The third kappa shape index (κ3) is 3.12. The van der Waals surface area contributed by atoms with E-state index in [-0.39, 0.29) is 0 Å². The van der Waals surface area contributed by atoms with Crippen LogP contribution in [0.1, 0.15) is 81.2 Å². The van der Waals surface area contributed by atoms with E-state index in [0.717, 1.165) is 0 Å². The van der Waals surface area contributed by atoms with E-state index in [2.05, 4.69) is 114 Å². The highest BCUT2D eigenvalue weighted by Crippen LogP contribution is 2.53. The molecule has 2 aliphatic carbocycles. The third-order valence-corrected chi connectivity index (χ3v) is 7.53. The van der Waals surface area contributed by atoms with Crippen molar-refractivity contribution in [3.63, 3.8) is 0 Å². The summed E-state index contributed by atoms with van der Waals surface area (Å²) in [6, 6.07) is 25.0. The molecule has 162 valence electrons. The van der Waals surface area contributed by atoms with Gasteiger partial charge < -0.3 is 0 Å². The largest absolute Gasteiger partial charge is 0.0649 e. The van der Waals surface area contributed by atoms with Crippen molar-refractivity contribution >= 4 is 11.6 Å². The lowest BCUT2D eigenvalue weighted by Gasteiger charge is -2.27. The number of benzene rings is 3. The van der Waals surface area contributed by atoms with Crippen LogP contribution in [0.4, 0.5) is 0 Å². The van der Waals surface area contributed by atoms with Crippen LogP contribution in [0.25, 0.3) is 22.8 Å². The highest BCUT2D eigenvalue weighted by atomic mass is 14.4. The van der Waals surface area contributed by atoms with Crippen LogP contribution in [0, 0.1) is 11.8 Å². The molecular weight excluding hydrogens is 384 g/mol. The normalized spacial score (nSPS) is 19.6. The fourth-order valence-corrected chi connectivity index (χ4v) is 6.47. The Morgan fingerprint density at radius 3 is 2.09 bits per heavy atom. The van der Waals surface area contributed by atoms with Gasteiger partial charge in [0, 0.05) is 11.8 Å². The molecule has 2 aliphatic rings. The molecule has 0 aromatic heterocycles. The molecule has 0 spiro atoms. The Balaban J connectivity index is 1.83. The molecule has 2 atom stereocenters. The van der Waals surface area contributed by atoms with Crippen molar-refractivity contribution in [2.24, 2.45) is 11.8 Å². The van der Waals surface area contributed by atoms with Gasteiger partial charge in [-0.05, 0) is 70.2 Å². The summed E-state index contributed by atoms with van der Waals surface area (Å²) in [5, 5.41) is 0. The maximum absolute atomic E-state index is 2.42. The minimum Gasteiger partial charge on any atom is -0.0649 e. The van der Waals surface area contributed by atoms with Crippen molar-refractivity contribution in [3.05, 3.63) is 106 Å². The fourth-order valence-electron chi connectivity index (χ4n) is 6.47. The molecule has 0 aliphatic heterocycles. The van der Waals surface area contributed by atoms with E-state index in [1.165, 1.54) is 55.7 Å².